The van der Waals surface area contributed by atoms with Crippen LogP contribution in [0.2, 0.25) is 5.02 Å². The van der Waals surface area contributed by atoms with Crippen molar-refractivity contribution in [3.8, 4) is 5.75 Å². The molecule has 0 aliphatic heterocycles. The summed E-state index contributed by atoms with van der Waals surface area (Å²) in [6.45, 7) is 6.35. The molecule has 3 nitrogen and oxygen atoms in total. The molecule has 1 aromatic rings. The van der Waals surface area contributed by atoms with Gasteiger partial charge in [0.2, 0.25) is 0 Å². The average molecular weight is 258 g/mol. The second kappa shape index (κ2) is 7.54. The first kappa shape index (κ1) is 14.3. The van der Waals surface area contributed by atoms with Crippen molar-refractivity contribution in [3.63, 3.8) is 0 Å². The van der Waals surface area contributed by atoms with Crippen molar-refractivity contribution in [2.75, 3.05) is 19.8 Å². The van der Waals surface area contributed by atoms with Gasteiger partial charge in [-0.05, 0) is 50.1 Å². The predicted octanol–water partition coefficient (Wildman–Crippen LogP) is 2.78. The Balaban J connectivity index is 2.97. The van der Waals surface area contributed by atoms with Crippen molar-refractivity contribution in [1.29, 1.82) is 0 Å². The third-order valence-corrected chi connectivity index (χ3v) is 2.64. The largest absolute Gasteiger partial charge is 0.492 e. The van der Waals surface area contributed by atoms with Gasteiger partial charge in [0.1, 0.15) is 5.75 Å². The zero-order chi connectivity index (χ0) is 12.7. The summed E-state index contributed by atoms with van der Waals surface area (Å²) in [5, 5.41) is 0.632. The quantitative estimate of drug-likeness (QED) is 0.817. The van der Waals surface area contributed by atoms with Crippen LogP contribution < -0.4 is 10.5 Å². The molecule has 17 heavy (non-hydrogen) atoms. The van der Waals surface area contributed by atoms with Crippen LogP contribution in [0.25, 0.3) is 0 Å². The minimum Gasteiger partial charge on any atom is -0.492 e. The number of halogens is 1. The van der Waals surface area contributed by atoms with E-state index in [9.17, 15) is 0 Å². The van der Waals surface area contributed by atoms with Crippen LogP contribution in [0.3, 0.4) is 0 Å². The highest BCUT2D eigenvalue weighted by Crippen LogP contribution is 2.31. The molecule has 96 valence electrons. The fourth-order valence-electron chi connectivity index (χ4n) is 1.66. The standard InChI is InChI=1S/C13H20ClNO2/c1-3-16-9-10-7-11(5-6-15)13(17-4-2)12(14)8-10/h7-8H,3-6,9,15H2,1-2H3. The Morgan fingerprint density at radius 1 is 1.24 bits per heavy atom. The molecule has 4 heteroatoms. The summed E-state index contributed by atoms with van der Waals surface area (Å²) in [5.41, 5.74) is 7.71. The van der Waals surface area contributed by atoms with Crippen molar-refractivity contribution < 1.29 is 9.47 Å². The SMILES string of the molecule is CCOCc1cc(Cl)c(OCC)c(CCN)c1. The van der Waals surface area contributed by atoms with Gasteiger partial charge in [0.05, 0.1) is 18.2 Å². The maximum Gasteiger partial charge on any atom is 0.141 e. The molecule has 1 rings (SSSR count). The van der Waals surface area contributed by atoms with Crippen LogP contribution in [0.1, 0.15) is 25.0 Å². The molecule has 0 bridgehead atoms. The highest BCUT2D eigenvalue weighted by molar-refractivity contribution is 6.32. The van der Waals surface area contributed by atoms with E-state index in [1.54, 1.807) is 0 Å². The van der Waals surface area contributed by atoms with Gasteiger partial charge < -0.3 is 15.2 Å². The average Bonchev–Trinajstić information content (AvgIpc) is 2.31. The molecule has 0 aromatic heterocycles. The first-order valence-electron chi connectivity index (χ1n) is 5.94. The van der Waals surface area contributed by atoms with Gasteiger partial charge in [0.15, 0.2) is 0 Å². The molecule has 0 amide bonds. The number of hydrogen-bond acceptors (Lipinski definition) is 3. The van der Waals surface area contributed by atoms with E-state index < -0.39 is 0 Å². The van der Waals surface area contributed by atoms with Gasteiger partial charge in [-0.2, -0.15) is 0 Å². The summed E-state index contributed by atoms with van der Waals surface area (Å²) in [5.74, 6) is 0.750. The molecule has 0 spiro atoms. The number of ether oxygens (including phenoxy) is 2. The second-order valence-corrected chi connectivity index (χ2v) is 4.08. The number of benzene rings is 1. The summed E-state index contributed by atoms with van der Waals surface area (Å²) in [6.07, 6.45) is 0.759. The molecule has 0 aliphatic carbocycles. The topological polar surface area (TPSA) is 44.5 Å². The molecule has 0 radical (unpaired) electrons. The predicted molar refractivity (Wildman–Crippen MR) is 70.7 cm³/mol. The maximum absolute atomic E-state index is 6.21. The zero-order valence-electron chi connectivity index (χ0n) is 10.5. The van der Waals surface area contributed by atoms with E-state index in [0.717, 1.165) is 23.3 Å². The number of nitrogens with two attached hydrogens (primary N) is 1. The number of rotatable bonds is 7. The zero-order valence-corrected chi connectivity index (χ0v) is 11.2. The summed E-state index contributed by atoms with van der Waals surface area (Å²) in [6, 6.07) is 3.95. The Labute approximate surface area is 108 Å². The lowest BCUT2D eigenvalue weighted by atomic mass is 10.1. The lowest BCUT2D eigenvalue weighted by molar-refractivity contribution is 0.134. The molecular formula is C13H20ClNO2. The summed E-state index contributed by atoms with van der Waals surface area (Å²) in [7, 11) is 0. The normalized spacial score (nSPS) is 10.6. The van der Waals surface area contributed by atoms with E-state index in [4.69, 9.17) is 26.8 Å². The molecule has 0 fully saturated rings. The molecule has 0 heterocycles. The fraction of sp³-hybridized carbons (Fsp3) is 0.538. The van der Waals surface area contributed by atoms with Gasteiger partial charge in [-0.1, -0.05) is 11.6 Å². The van der Waals surface area contributed by atoms with E-state index in [0.29, 0.717) is 31.4 Å². The van der Waals surface area contributed by atoms with Crippen LogP contribution in [0, 0.1) is 0 Å². The van der Waals surface area contributed by atoms with Crippen LogP contribution in [0.4, 0.5) is 0 Å². The van der Waals surface area contributed by atoms with E-state index >= 15 is 0 Å². The van der Waals surface area contributed by atoms with Crippen LogP contribution >= 0.6 is 11.6 Å². The van der Waals surface area contributed by atoms with Crippen molar-refractivity contribution >= 4 is 11.6 Å². The van der Waals surface area contributed by atoms with Crippen LogP contribution in [0.5, 0.6) is 5.75 Å². The highest BCUT2D eigenvalue weighted by Gasteiger charge is 2.10. The van der Waals surface area contributed by atoms with Crippen molar-refractivity contribution in [2.24, 2.45) is 5.73 Å². The lowest BCUT2D eigenvalue weighted by Gasteiger charge is -2.14. The first-order chi connectivity index (χ1) is 8.22. The Hall–Kier alpha value is -0.770. The van der Waals surface area contributed by atoms with E-state index in [-0.39, 0.29) is 0 Å². The molecule has 0 saturated carbocycles. The Bertz CT molecular complexity index is 356. The Morgan fingerprint density at radius 2 is 2.00 bits per heavy atom. The minimum absolute atomic E-state index is 0.570. The second-order valence-electron chi connectivity index (χ2n) is 3.67. The van der Waals surface area contributed by atoms with Gasteiger partial charge in [0, 0.05) is 6.61 Å². The number of hydrogen-bond donors (Lipinski definition) is 1. The monoisotopic (exact) mass is 257 g/mol. The van der Waals surface area contributed by atoms with Gasteiger partial charge in [-0.3, -0.25) is 0 Å². The van der Waals surface area contributed by atoms with Gasteiger partial charge >= 0.3 is 0 Å². The third kappa shape index (κ3) is 4.19. The summed E-state index contributed by atoms with van der Waals surface area (Å²) in [4.78, 5) is 0. The maximum atomic E-state index is 6.21. The lowest BCUT2D eigenvalue weighted by Crippen LogP contribution is -2.07. The summed E-state index contributed by atoms with van der Waals surface area (Å²) < 4.78 is 10.9. The molecule has 0 aliphatic rings. The molecule has 0 unspecified atom stereocenters. The van der Waals surface area contributed by atoms with Crippen LogP contribution in [-0.4, -0.2) is 19.8 Å². The molecule has 0 saturated heterocycles. The van der Waals surface area contributed by atoms with Gasteiger partial charge in [-0.15, -0.1) is 0 Å². The molecule has 2 N–H and O–H groups in total. The van der Waals surface area contributed by atoms with Crippen LogP contribution in [-0.2, 0) is 17.8 Å². The Kier molecular flexibility index (Phi) is 6.34. The molecule has 0 atom stereocenters. The van der Waals surface area contributed by atoms with Gasteiger partial charge in [0.25, 0.3) is 0 Å². The van der Waals surface area contributed by atoms with Gasteiger partial charge in [-0.25, -0.2) is 0 Å². The smallest absolute Gasteiger partial charge is 0.141 e. The summed E-state index contributed by atoms with van der Waals surface area (Å²) >= 11 is 6.21. The van der Waals surface area contributed by atoms with Crippen molar-refractivity contribution in [3.05, 3.63) is 28.3 Å². The van der Waals surface area contributed by atoms with E-state index in [1.807, 2.05) is 19.9 Å². The first-order valence-corrected chi connectivity index (χ1v) is 6.32. The third-order valence-electron chi connectivity index (χ3n) is 2.36. The Morgan fingerprint density at radius 3 is 2.59 bits per heavy atom. The van der Waals surface area contributed by atoms with E-state index in [1.165, 1.54) is 0 Å². The minimum atomic E-state index is 0.570. The highest BCUT2D eigenvalue weighted by atomic mass is 35.5. The van der Waals surface area contributed by atoms with Crippen LogP contribution in [0.15, 0.2) is 12.1 Å². The molecule has 1 aromatic carbocycles. The van der Waals surface area contributed by atoms with E-state index in [2.05, 4.69) is 6.07 Å². The van der Waals surface area contributed by atoms with Crippen molar-refractivity contribution in [2.45, 2.75) is 26.9 Å². The van der Waals surface area contributed by atoms with Crippen molar-refractivity contribution in [1.82, 2.24) is 0 Å². The fourth-order valence-corrected chi connectivity index (χ4v) is 1.98. The molecular weight excluding hydrogens is 238 g/mol.